The van der Waals surface area contributed by atoms with Gasteiger partial charge in [-0.15, -0.1) is 24.8 Å². The number of likely N-dealkylation sites (tertiary alicyclic amines) is 1. The molecular weight excluding hydrogens is 337 g/mol. The lowest BCUT2D eigenvalue weighted by atomic mass is 9.90. The molecule has 1 fully saturated rings. The van der Waals surface area contributed by atoms with Gasteiger partial charge >= 0.3 is 0 Å². The number of carbonyl (C=O) groups is 1. The fourth-order valence-corrected chi connectivity index (χ4v) is 2.97. The van der Waals surface area contributed by atoms with Crippen LogP contribution in [0.2, 0.25) is 0 Å². The minimum atomic E-state index is 0. The summed E-state index contributed by atoms with van der Waals surface area (Å²) in [6.45, 7) is 6.14. The Hall–Kier alpha value is -1.37. The molecule has 0 aromatic carbocycles. The summed E-state index contributed by atoms with van der Waals surface area (Å²) >= 11 is 0. The van der Waals surface area contributed by atoms with E-state index >= 15 is 0 Å². The predicted octanol–water partition coefficient (Wildman–Crippen LogP) is 1.93. The molecule has 1 aliphatic rings. The van der Waals surface area contributed by atoms with E-state index in [0.29, 0.717) is 18.7 Å². The van der Waals surface area contributed by atoms with Gasteiger partial charge in [-0.25, -0.2) is 4.98 Å². The van der Waals surface area contributed by atoms with Gasteiger partial charge in [0, 0.05) is 31.7 Å². The first-order valence-electron chi connectivity index (χ1n) is 7.22. The Morgan fingerprint density at radius 3 is 2.74 bits per heavy atom. The van der Waals surface area contributed by atoms with Gasteiger partial charge in [-0.2, -0.15) is 5.10 Å². The van der Waals surface area contributed by atoms with Crippen molar-refractivity contribution in [1.82, 2.24) is 19.7 Å². The first kappa shape index (κ1) is 19.7. The molecule has 2 aromatic heterocycles. The zero-order valence-corrected chi connectivity index (χ0v) is 15.2. The summed E-state index contributed by atoms with van der Waals surface area (Å²) in [5, 5.41) is 5.27. The Morgan fingerprint density at radius 2 is 2.13 bits per heavy atom. The standard InChI is InChI=1S/C15H21N5O.2ClH/c1-10-12-6-11(7-17-13(12)19(3)18-10)14(21)20-5-4-15(2,8-16)9-20;;/h6-7H,4-5,8-9,16H2,1-3H3;2*1H. The zero-order valence-electron chi connectivity index (χ0n) is 13.6. The number of fused-ring (bicyclic) bond motifs is 1. The third-order valence-electron chi connectivity index (χ3n) is 4.45. The van der Waals surface area contributed by atoms with E-state index in [1.54, 1.807) is 10.9 Å². The molecule has 1 saturated heterocycles. The second-order valence-corrected chi connectivity index (χ2v) is 6.30. The zero-order chi connectivity index (χ0) is 15.2. The number of aromatic nitrogens is 3. The molecule has 0 aliphatic carbocycles. The normalized spacial score (nSPS) is 20.3. The van der Waals surface area contributed by atoms with Crippen molar-refractivity contribution in [3.63, 3.8) is 0 Å². The number of hydrogen-bond acceptors (Lipinski definition) is 4. The lowest BCUT2D eigenvalue weighted by Crippen LogP contribution is -2.34. The van der Waals surface area contributed by atoms with E-state index in [2.05, 4.69) is 17.0 Å². The highest BCUT2D eigenvalue weighted by molar-refractivity contribution is 5.97. The van der Waals surface area contributed by atoms with Crippen molar-refractivity contribution in [2.24, 2.45) is 18.2 Å². The average molecular weight is 360 g/mol. The largest absolute Gasteiger partial charge is 0.338 e. The van der Waals surface area contributed by atoms with E-state index < -0.39 is 0 Å². The molecule has 1 atom stereocenters. The highest BCUT2D eigenvalue weighted by Gasteiger charge is 2.35. The summed E-state index contributed by atoms with van der Waals surface area (Å²) in [5.41, 5.74) is 8.16. The highest BCUT2D eigenvalue weighted by atomic mass is 35.5. The summed E-state index contributed by atoms with van der Waals surface area (Å²) in [4.78, 5) is 18.9. The van der Waals surface area contributed by atoms with E-state index in [0.717, 1.165) is 29.7 Å². The number of rotatable bonds is 2. The van der Waals surface area contributed by atoms with E-state index in [1.165, 1.54) is 0 Å². The second kappa shape index (κ2) is 7.03. The molecule has 0 radical (unpaired) electrons. The minimum absolute atomic E-state index is 0. The Balaban J connectivity index is 0.00000132. The summed E-state index contributed by atoms with van der Waals surface area (Å²) in [6.07, 6.45) is 2.60. The number of nitrogens with zero attached hydrogens (tertiary/aromatic N) is 4. The maximum atomic E-state index is 12.6. The summed E-state index contributed by atoms with van der Waals surface area (Å²) in [6, 6.07) is 1.89. The van der Waals surface area contributed by atoms with Crippen molar-refractivity contribution >= 4 is 41.8 Å². The number of amides is 1. The van der Waals surface area contributed by atoms with Gasteiger partial charge in [0.1, 0.15) is 0 Å². The molecule has 2 N–H and O–H groups in total. The topological polar surface area (TPSA) is 77.0 Å². The molecule has 3 heterocycles. The molecular formula is C15H23Cl2N5O. The Labute approximate surface area is 148 Å². The fourth-order valence-electron chi connectivity index (χ4n) is 2.97. The third kappa shape index (κ3) is 3.44. The number of hydrogen-bond donors (Lipinski definition) is 1. The van der Waals surface area contributed by atoms with Crippen LogP contribution in [0.4, 0.5) is 0 Å². The van der Waals surface area contributed by atoms with Crippen LogP contribution in [0, 0.1) is 12.3 Å². The molecule has 0 spiro atoms. The Kier molecular flexibility index (Phi) is 6.01. The van der Waals surface area contributed by atoms with Crippen LogP contribution < -0.4 is 5.73 Å². The summed E-state index contributed by atoms with van der Waals surface area (Å²) < 4.78 is 1.74. The van der Waals surface area contributed by atoms with Gasteiger partial charge in [0.15, 0.2) is 5.65 Å². The lowest BCUT2D eigenvalue weighted by molar-refractivity contribution is 0.0776. The van der Waals surface area contributed by atoms with Crippen molar-refractivity contribution in [3.8, 4) is 0 Å². The molecule has 0 saturated carbocycles. The predicted molar refractivity (Wildman–Crippen MR) is 95.4 cm³/mol. The van der Waals surface area contributed by atoms with Crippen molar-refractivity contribution in [3.05, 3.63) is 23.5 Å². The molecule has 2 aromatic rings. The highest BCUT2D eigenvalue weighted by Crippen LogP contribution is 2.29. The average Bonchev–Trinajstić information content (AvgIpc) is 3.00. The Morgan fingerprint density at radius 1 is 1.43 bits per heavy atom. The molecule has 3 rings (SSSR count). The number of carbonyl (C=O) groups excluding carboxylic acids is 1. The lowest BCUT2D eigenvalue weighted by Gasteiger charge is -2.22. The van der Waals surface area contributed by atoms with E-state index in [4.69, 9.17) is 5.73 Å². The number of nitrogens with two attached hydrogens (primary N) is 1. The second-order valence-electron chi connectivity index (χ2n) is 6.30. The van der Waals surface area contributed by atoms with Crippen LogP contribution in [0.5, 0.6) is 0 Å². The molecule has 1 aliphatic heterocycles. The van der Waals surface area contributed by atoms with Gasteiger partial charge in [-0.05, 0) is 31.4 Å². The van der Waals surface area contributed by atoms with Crippen LogP contribution >= 0.6 is 24.8 Å². The van der Waals surface area contributed by atoms with E-state index in [9.17, 15) is 4.79 Å². The van der Waals surface area contributed by atoms with E-state index in [-0.39, 0.29) is 36.1 Å². The maximum Gasteiger partial charge on any atom is 0.255 e. The number of halogens is 2. The van der Waals surface area contributed by atoms with Gasteiger partial charge in [0.05, 0.1) is 11.3 Å². The van der Waals surface area contributed by atoms with E-state index in [1.807, 2.05) is 24.9 Å². The van der Waals surface area contributed by atoms with Crippen LogP contribution in [-0.4, -0.2) is 45.2 Å². The van der Waals surface area contributed by atoms with Crippen LogP contribution in [0.15, 0.2) is 12.3 Å². The molecule has 8 heteroatoms. The quantitative estimate of drug-likeness (QED) is 0.888. The van der Waals surface area contributed by atoms with Crippen molar-refractivity contribution in [1.29, 1.82) is 0 Å². The van der Waals surface area contributed by atoms with Gasteiger partial charge in [-0.3, -0.25) is 9.48 Å². The van der Waals surface area contributed by atoms with Crippen LogP contribution in [0.25, 0.3) is 11.0 Å². The molecule has 0 bridgehead atoms. The molecule has 1 unspecified atom stereocenters. The molecule has 23 heavy (non-hydrogen) atoms. The van der Waals surface area contributed by atoms with Gasteiger partial charge < -0.3 is 10.6 Å². The van der Waals surface area contributed by atoms with Crippen LogP contribution in [0.1, 0.15) is 29.4 Å². The summed E-state index contributed by atoms with van der Waals surface area (Å²) in [5.74, 6) is 0.0322. The summed E-state index contributed by atoms with van der Waals surface area (Å²) in [7, 11) is 1.86. The SMILES string of the molecule is Cc1nn(C)c2ncc(C(=O)N3CCC(C)(CN)C3)cc12.Cl.Cl. The van der Waals surface area contributed by atoms with Crippen molar-refractivity contribution in [2.45, 2.75) is 20.3 Å². The fraction of sp³-hybridized carbons (Fsp3) is 0.533. The molecule has 6 nitrogen and oxygen atoms in total. The smallest absolute Gasteiger partial charge is 0.255 e. The monoisotopic (exact) mass is 359 g/mol. The van der Waals surface area contributed by atoms with Gasteiger partial charge in [0.2, 0.25) is 0 Å². The minimum Gasteiger partial charge on any atom is -0.338 e. The number of pyridine rings is 1. The van der Waals surface area contributed by atoms with Crippen molar-refractivity contribution in [2.75, 3.05) is 19.6 Å². The first-order chi connectivity index (χ1) is 9.93. The van der Waals surface area contributed by atoms with Gasteiger partial charge in [0.25, 0.3) is 5.91 Å². The first-order valence-corrected chi connectivity index (χ1v) is 7.22. The third-order valence-corrected chi connectivity index (χ3v) is 4.45. The van der Waals surface area contributed by atoms with Crippen LogP contribution in [0.3, 0.4) is 0 Å². The maximum absolute atomic E-state index is 12.6. The molecule has 1 amide bonds. The molecule has 128 valence electrons. The van der Waals surface area contributed by atoms with Crippen LogP contribution in [-0.2, 0) is 7.05 Å². The Bertz CT molecular complexity index is 717. The van der Waals surface area contributed by atoms with Gasteiger partial charge in [-0.1, -0.05) is 6.92 Å². The van der Waals surface area contributed by atoms with Crippen molar-refractivity contribution < 1.29 is 4.79 Å². The number of aryl methyl sites for hydroxylation is 2.